The predicted octanol–water partition coefficient (Wildman–Crippen LogP) is 1.65. The van der Waals surface area contributed by atoms with Crippen LogP contribution in [-0.4, -0.2) is 25.2 Å². The molecule has 2 heterocycles. The van der Waals surface area contributed by atoms with Crippen LogP contribution >= 0.6 is 12.2 Å². The van der Waals surface area contributed by atoms with Crippen molar-refractivity contribution in [3.63, 3.8) is 0 Å². The number of aromatic carboxylic acids is 1. The van der Waals surface area contributed by atoms with E-state index in [-0.39, 0.29) is 5.56 Å². The molecule has 0 aliphatic carbocycles. The molecule has 2 aromatic rings. The van der Waals surface area contributed by atoms with Crippen LogP contribution in [-0.2, 0) is 14.1 Å². The summed E-state index contributed by atoms with van der Waals surface area (Å²) in [6.07, 6.45) is 0. The summed E-state index contributed by atoms with van der Waals surface area (Å²) >= 11 is 5.18. The molecule has 6 heteroatoms. The molecule has 0 saturated heterocycles. The zero-order chi connectivity index (χ0) is 12.0. The average Bonchev–Trinajstić information content (AvgIpc) is 2.43. The van der Waals surface area contributed by atoms with Gasteiger partial charge in [0, 0.05) is 19.8 Å². The molecule has 16 heavy (non-hydrogen) atoms. The van der Waals surface area contributed by atoms with Crippen LogP contribution in [0.1, 0.15) is 16.1 Å². The summed E-state index contributed by atoms with van der Waals surface area (Å²) in [4.78, 5) is 15.5. The van der Waals surface area contributed by atoms with Crippen molar-refractivity contribution in [3.05, 3.63) is 22.1 Å². The standard InChI is InChI=1S/C10H11N3O2S/c1-5-4-6(9(14)15)7-8(11-5)13(3)10(16)12(7)2/h4H,1-3H3,(H,14,15). The number of carboxylic acid groups (broad SMARTS) is 1. The quantitative estimate of drug-likeness (QED) is 0.766. The van der Waals surface area contributed by atoms with Crippen LogP contribution in [0.25, 0.3) is 11.2 Å². The van der Waals surface area contributed by atoms with E-state index >= 15 is 0 Å². The number of rotatable bonds is 1. The van der Waals surface area contributed by atoms with Crippen molar-refractivity contribution >= 4 is 29.4 Å². The number of aromatic nitrogens is 3. The van der Waals surface area contributed by atoms with Crippen molar-refractivity contribution in [2.75, 3.05) is 0 Å². The van der Waals surface area contributed by atoms with E-state index in [1.54, 1.807) is 36.2 Å². The lowest BCUT2D eigenvalue weighted by molar-refractivity contribution is 0.0698. The summed E-state index contributed by atoms with van der Waals surface area (Å²) in [5.74, 6) is -0.966. The molecule has 0 amide bonds. The molecule has 2 rings (SSSR count). The highest BCUT2D eigenvalue weighted by atomic mass is 32.1. The first kappa shape index (κ1) is 10.8. The summed E-state index contributed by atoms with van der Waals surface area (Å²) in [7, 11) is 3.52. The fourth-order valence-electron chi connectivity index (χ4n) is 1.79. The number of pyridine rings is 1. The molecule has 0 aliphatic heterocycles. The number of aryl methyl sites for hydroxylation is 3. The van der Waals surface area contributed by atoms with Crippen molar-refractivity contribution in [1.82, 2.24) is 14.1 Å². The maximum Gasteiger partial charge on any atom is 0.338 e. The molecular weight excluding hydrogens is 226 g/mol. The summed E-state index contributed by atoms with van der Waals surface area (Å²) < 4.78 is 3.93. The van der Waals surface area contributed by atoms with Crippen LogP contribution in [0.3, 0.4) is 0 Å². The van der Waals surface area contributed by atoms with Crippen LogP contribution in [0.2, 0.25) is 0 Å². The number of carboxylic acids is 1. The minimum Gasteiger partial charge on any atom is -0.478 e. The van der Waals surface area contributed by atoms with E-state index in [9.17, 15) is 4.79 Å². The van der Waals surface area contributed by atoms with Gasteiger partial charge in [-0.3, -0.25) is 0 Å². The maximum atomic E-state index is 11.2. The first-order chi connectivity index (χ1) is 7.43. The zero-order valence-corrected chi connectivity index (χ0v) is 10.00. The number of hydrogen-bond acceptors (Lipinski definition) is 3. The Morgan fingerprint density at radius 3 is 2.62 bits per heavy atom. The van der Waals surface area contributed by atoms with Gasteiger partial charge in [-0.15, -0.1) is 0 Å². The second-order valence-corrected chi connectivity index (χ2v) is 4.05. The molecule has 0 spiro atoms. The molecule has 0 saturated carbocycles. The van der Waals surface area contributed by atoms with Gasteiger partial charge in [0.05, 0.1) is 5.56 Å². The molecular formula is C10H11N3O2S. The van der Waals surface area contributed by atoms with Gasteiger partial charge < -0.3 is 14.2 Å². The third-order valence-electron chi connectivity index (χ3n) is 2.56. The topological polar surface area (TPSA) is 60.0 Å². The lowest BCUT2D eigenvalue weighted by Crippen LogP contribution is -2.03. The summed E-state index contributed by atoms with van der Waals surface area (Å²) in [5.41, 5.74) is 2.06. The van der Waals surface area contributed by atoms with Gasteiger partial charge in [-0.25, -0.2) is 9.78 Å². The summed E-state index contributed by atoms with van der Waals surface area (Å²) in [6, 6.07) is 1.56. The van der Waals surface area contributed by atoms with Gasteiger partial charge in [-0.2, -0.15) is 0 Å². The Labute approximate surface area is 97.0 Å². The van der Waals surface area contributed by atoms with E-state index in [2.05, 4.69) is 4.98 Å². The van der Waals surface area contributed by atoms with Gasteiger partial charge >= 0.3 is 5.97 Å². The van der Waals surface area contributed by atoms with E-state index in [4.69, 9.17) is 17.3 Å². The molecule has 0 aromatic carbocycles. The highest BCUT2D eigenvalue weighted by Gasteiger charge is 2.16. The fraction of sp³-hybridized carbons (Fsp3) is 0.300. The number of fused-ring (bicyclic) bond motifs is 1. The highest BCUT2D eigenvalue weighted by molar-refractivity contribution is 7.71. The lowest BCUT2D eigenvalue weighted by Gasteiger charge is -2.01. The van der Waals surface area contributed by atoms with E-state index in [0.717, 1.165) is 0 Å². The van der Waals surface area contributed by atoms with E-state index < -0.39 is 5.97 Å². The molecule has 2 aromatic heterocycles. The van der Waals surface area contributed by atoms with Gasteiger partial charge in [0.15, 0.2) is 10.4 Å². The summed E-state index contributed by atoms with van der Waals surface area (Å²) in [5, 5.41) is 9.15. The van der Waals surface area contributed by atoms with Gasteiger partial charge in [-0.1, -0.05) is 0 Å². The Kier molecular flexibility index (Phi) is 2.31. The zero-order valence-electron chi connectivity index (χ0n) is 9.18. The molecule has 0 aliphatic rings. The van der Waals surface area contributed by atoms with Crippen molar-refractivity contribution in [1.29, 1.82) is 0 Å². The third kappa shape index (κ3) is 1.34. The Morgan fingerprint density at radius 2 is 2.06 bits per heavy atom. The average molecular weight is 237 g/mol. The largest absolute Gasteiger partial charge is 0.478 e. The Morgan fingerprint density at radius 1 is 1.44 bits per heavy atom. The molecule has 0 unspecified atom stereocenters. The maximum absolute atomic E-state index is 11.2. The molecule has 0 bridgehead atoms. The second-order valence-electron chi connectivity index (χ2n) is 3.69. The molecule has 5 nitrogen and oxygen atoms in total. The first-order valence-corrected chi connectivity index (χ1v) is 5.10. The highest BCUT2D eigenvalue weighted by Crippen LogP contribution is 2.19. The third-order valence-corrected chi connectivity index (χ3v) is 3.11. The number of imidazole rings is 1. The van der Waals surface area contributed by atoms with Gasteiger partial charge in [0.1, 0.15) is 5.52 Å². The molecule has 84 valence electrons. The minimum atomic E-state index is -0.966. The lowest BCUT2D eigenvalue weighted by atomic mass is 10.2. The monoisotopic (exact) mass is 237 g/mol. The number of hydrogen-bond donors (Lipinski definition) is 1. The number of nitrogens with zero attached hydrogens (tertiary/aromatic N) is 3. The predicted molar refractivity (Wildman–Crippen MR) is 62.2 cm³/mol. The molecule has 0 atom stereocenters. The van der Waals surface area contributed by atoms with Crippen molar-refractivity contribution in [2.45, 2.75) is 6.92 Å². The van der Waals surface area contributed by atoms with Gasteiger partial charge in [0.25, 0.3) is 0 Å². The SMILES string of the molecule is Cc1cc(C(=O)O)c2c(n1)n(C)c(=S)n2C. The van der Waals surface area contributed by atoms with Crippen LogP contribution in [0.4, 0.5) is 0 Å². The Hall–Kier alpha value is -1.69. The van der Waals surface area contributed by atoms with Crippen molar-refractivity contribution < 1.29 is 9.90 Å². The van der Waals surface area contributed by atoms with Crippen LogP contribution in [0.5, 0.6) is 0 Å². The Balaban J connectivity index is 3.08. The molecule has 0 fully saturated rings. The minimum absolute atomic E-state index is 0.233. The van der Waals surface area contributed by atoms with Crippen molar-refractivity contribution in [2.24, 2.45) is 14.1 Å². The first-order valence-electron chi connectivity index (χ1n) is 4.70. The molecule has 0 radical (unpaired) electrons. The normalized spacial score (nSPS) is 10.9. The van der Waals surface area contributed by atoms with Crippen molar-refractivity contribution in [3.8, 4) is 0 Å². The smallest absolute Gasteiger partial charge is 0.338 e. The van der Waals surface area contributed by atoms with Gasteiger partial charge in [0.2, 0.25) is 0 Å². The van der Waals surface area contributed by atoms with Gasteiger partial charge in [-0.05, 0) is 25.2 Å². The van der Waals surface area contributed by atoms with Crippen LogP contribution < -0.4 is 0 Å². The Bertz CT molecular complexity index is 654. The van der Waals surface area contributed by atoms with E-state index in [1.807, 2.05) is 0 Å². The summed E-state index contributed by atoms with van der Waals surface area (Å²) in [6.45, 7) is 1.77. The van der Waals surface area contributed by atoms with E-state index in [0.29, 0.717) is 21.6 Å². The molecule has 1 N–H and O–H groups in total. The van der Waals surface area contributed by atoms with Crippen LogP contribution in [0, 0.1) is 11.7 Å². The second kappa shape index (κ2) is 3.41. The fourth-order valence-corrected chi connectivity index (χ4v) is 1.97. The number of carbonyl (C=O) groups is 1. The van der Waals surface area contributed by atoms with Crippen LogP contribution in [0.15, 0.2) is 6.07 Å². The van der Waals surface area contributed by atoms with E-state index in [1.165, 1.54) is 0 Å².